The van der Waals surface area contributed by atoms with Crippen LogP contribution in [0.25, 0.3) is 0 Å². The first-order valence-corrected chi connectivity index (χ1v) is 9.62. The Kier molecular flexibility index (Phi) is 7.33. The lowest BCUT2D eigenvalue weighted by atomic mass is 10.2. The Morgan fingerprint density at radius 3 is 2.65 bits per heavy atom. The van der Waals surface area contributed by atoms with Crippen LogP contribution in [-0.4, -0.2) is 33.0 Å². The molecule has 1 rings (SSSR count). The molecule has 0 aliphatic rings. The first kappa shape index (κ1) is 17.8. The maximum Gasteiger partial charge on any atom is 0.240 e. The third-order valence-corrected chi connectivity index (χ3v) is 5.07. The molecular weight excluding hydrogens is 316 g/mol. The molecule has 1 aromatic carbocycles. The van der Waals surface area contributed by atoms with Gasteiger partial charge in [0.25, 0.3) is 0 Å². The van der Waals surface area contributed by atoms with Gasteiger partial charge in [-0.3, -0.25) is 0 Å². The van der Waals surface area contributed by atoms with Crippen LogP contribution < -0.4 is 10.0 Å². The highest BCUT2D eigenvalue weighted by Gasteiger charge is 2.15. The van der Waals surface area contributed by atoms with E-state index in [-0.39, 0.29) is 4.90 Å². The molecule has 0 fully saturated rings. The second kappa shape index (κ2) is 8.24. The van der Waals surface area contributed by atoms with E-state index in [0.717, 1.165) is 11.3 Å². The highest BCUT2D eigenvalue weighted by atomic mass is 35.5. The quantitative estimate of drug-likeness (QED) is 0.716. The number of hydrogen-bond donors (Lipinski definition) is 2. The van der Waals surface area contributed by atoms with Gasteiger partial charge in [0.05, 0.1) is 4.90 Å². The van der Waals surface area contributed by atoms with Gasteiger partial charge >= 0.3 is 0 Å². The van der Waals surface area contributed by atoms with Gasteiger partial charge < -0.3 is 5.32 Å². The van der Waals surface area contributed by atoms with Gasteiger partial charge in [0.1, 0.15) is 0 Å². The summed E-state index contributed by atoms with van der Waals surface area (Å²) in [6, 6.07) is 5.09. The predicted octanol–water partition coefficient (Wildman–Crippen LogP) is 2.48. The fourth-order valence-corrected chi connectivity index (χ4v) is 3.23. The minimum atomic E-state index is -3.46. The predicted molar refractivity (Wildman–Crippen MR) is 87.0 cm³/mol. The molecule has 0 bridgehead atoms. The topological polar surface area (TPSA) is 58.2 Å². The summed E-state index contributed by atoms with van der Waals surface area (Å²) in [6.07, 6.45) is 1.94. The first-order chi connectivity index (χ1) is 9.36. The molecule has 0 aliphatic carbocycles. The zero-order valence-electron chi connectivity index (χ0n) is 11.9. The molecule has 114 valence electrons. The number of benzene rings is 1. The third-order valence-electron chi connectivity index (χ3n) is 2.63. The van der Waals surface area contributed by atoms with E-state index in [4.69, 9.17) is 11.6 Å². The number of halogens is 1. The van der Waals surface area contributed by atoms with E-state index in [2.05, 4.69) is 10.0 Å². The molecule has 0 aromatic heterocycles. The van der Waals surface area contributed by atoms with Crippen molar-refractivity contribution in [2.45, 2.75) is 31.3 Å². The maximum atomic E-state index is 12.1. The molecule has 0 spiro atoms. The van der Waals surface area contributed by atoms with Crippen LogP contribution in [0.15, 0.2) is 23.1 Å². The van der Waals surface area contributed by atoms with Crippen molar-refractivity contribution < 1.29 is 8.42 Å². The summed E-state index contributed by atoms with van der Waals surface area (Å²) in [6.45, 7) is 5.02. The normalized spacial score (nSPS) is 12.1. The standard InChI is InChI=1S/C13H21ClN2O2S2/c1-10(2)15-9-11-8-12(4-5-13(11)14)20(17,18)16-6-7-19-3/h4-5,8,10,15-16H,6-7,9H2,1-3H3. The SMILES string of the molecule is CSCCNS(=O)(=O)c1ccc(Cl)c(CNC(C)C)c1. The van der Waals surface area contributed by atoms with Gasteiger partial charge in [-0.25, -0.2) is 13.1 Å². The van der Waals surface area contributed by atoms with E-state index >= 15 is 0 Å². The van der Waals surface area contributed by atoms with Crippen LogP contribution in [0, 0.1) is 0 Å². The van der Waals surface area contributed by atoms with Crippen molar-refractivity contribution in [1.82, 2.24) is 10.0 Å². The minimum Gasteiger partial charge on any atom is -0.310 e. The van der Waals surface area contributed by atoms with Crippen molar-refractivity contribution in [1.29, 1.82) is 0 Å². The molecule has 2 N–H and O–H groups in total. The lowest BCUT2D eigenvalue weighted by Gasteiger charge is -2.12. The van der Waals surface area contributed by atoms with Crippen LogP contribution in [0.5, 0.6) is 0 Å². The van der Waals surface area contributed by atoms with Gasteiger partial charge in [-0.15, -0.1) is 0 Å². The molecule has 0 saturated heterocycles. The first-order valence-electron chi connectivity index (χ1n) is 6.37. The Morgan fingerprint density at radius 1 is 1.35 bits per heavy atom. The average Bonchev–Trinajstić information content (AvgIpc) is 2.37. The van der Waals surface area contributed by atoms with Gasteiger partial charge in [0.2, 0.25) is 10.0 Å². The molecule has 0 saturated carbocycles. The zero-order chi connectivity index (χ0) is 15.2. The Hall–Kier alpha value is -0.270. The largest absolute Gasteiger partial charge is 0.310 e. The molecule has 0 aliphatic heterocycles. The summed E-state index contributed by atoms with van der Waals surface area (Å²) in [5, 5.41) is 3.80. The zero-order valence-corrected chi connectivity index (χ0v) is 14.3. The molecule has 1 aromatic rings. The van der Waals surface area contributed by atoms with Gasteiger partial charge in [0, 0.05) is 29.9 Å². The molecule has 0 heterocycles. The van der Waals surface area contributed by atoms with Crippen LogP contribution in [0.1, 0.15) is 19.4 Å². The van der Waals surface area contributed by atoms with Crippen molar-refractivity contribution in [3.63, 3.8) is 0 Å². The van der Waals surface area contributed by atoms with E-state index in [1.807, 2.05) is 20.1 Å². The van der Waals surface area contributed by atoms with Crippen molar-refractivity contribution >= 4 is 33.4 Å². The summed E-state index contributed by atoms with van der Waals surface area (Å²) in [7, 11) is -3.46. The van der Waals surface area contributed by atoms with Crippen LogP contribution in [-0.2, 0) is 16.6 Å². The number of sulfonamides is 1. The fourth-order valence-electron chi connectivity index (χ4n) is 1.53. The molecular formula is C13H21ClN2O2S2. The van der Waals surface area contributed by atoms with Crippen molar-refractivity contribution in [2.75, 3.05) is 18.6 Å². The highest BCUT2D eigenvalue weighted by Crippen LogP contribution is 2.20. The Balaban J connectivity index is 2.87. The molecule has 0 amide bonds. The van der Waals surface area contributed by atoms with Crippen LogP contribution in [0.3, 0.4) is 0 Å². The van der Waals surface area contributed by atoms with Gasteiger partial charge in [0.15, 0.2) is 0 Å². The Bertz CT molecular complexity index is 533. The van der Waals surface area contributed by atoms with E-state index < -0.39 is 10.0 Å². The van der Waals surface area contributed by atoms with E-state index in [0.29, 0.717) is 24.2 Å². The molecule has 0 radical (unpaired) electrons. The van der Waals surface area contributed by atoms with Gasteiger partial charge in [-0.05, 0) is 30.0 Å². The molecule has 7 heteroatoms. The summed E-state index contributed by atoms with van der Waals surface area (Å²) in [5.41, 5.74) is 0.785. The average molecular weight is 337 g/mol. The summed E-state index contributed by atoms with van der Waals surface area (Å²) < 4.78 is 26.8. The Labute approximate surface area is 130 Å². The van der Waals surface area contributed by atoms with E-state index in [1.54, 1.807) is 23.9 Å². The molecule has 0 unspecified atom stereocenters. The summed E-state index contributed by atoms with van der Waals surface area (Å²) in [5.74, 6) is 0.745. The molecule has 20 heavy (non-hydrogen) atoms. The van der Waals surface area contributed by atoms with E-state index in [1.165, 1.54) is 6.07 Å². The van der Waals surface area contributed by atoms with Gasteiger partial charge in [-0.2, -0.15) is 11.8 Å². The van der Waals surface area contributed by atoms with Crippen molar-refractivity contribution in [3.05, 3.63) is 28.8 Å². The van der Waals surface area contributed by atoms with Gasteiger partial charge in [-0.1, -0.05) is 25.4 Å². The van der Waals surface area contributed by atoms with Crippen LogP contribution in [0.2, 0.25) is 5.02 Å². The van der Waals surface area contributed by atoms with Crippen LogP contribution >= 0.6 is 23.4 Å². The summed E-state index contributed by atoms with van der Waals surface area (Å²) in [4.78, 5) is 0.253. The Morgan fingerprint density at radius 2 is 2.05 bits per heavy atom. The minimum absolute atomic E-state index is 0.253. The number of thioether (sulfide) groups is 1. The fraction of sp³-hybridized carbons (Fsp3) is 0.538. The summed E-state index contributed by atoms with van der Waals surface area (Å²) >= 11 is 7.69. The molecule has 4 nitrogen and oxygen atoms in total. The van der Waals surface area contributed by atoms with Crippen LogP contribution in [0.4, 0.5) is 0 Å². The third kappa shape index (κ3) is 5.61. The lowest BCUT2D eigenvalue weighted by molar-refractivity contribution is 0.581. The number of hydrogen-bond acceptors (Lipinski definition) is 4. The van der Waals surface area contributed by atoms with E-state index in [9.17, 15) is 8.42 Å². The van der Waals surface area contributed by atoms with Crippen molar-refractivity contribution in [3.8, 4) is 0 Å². The lowest BCUT2D eigenvalue weighted by Crippen LogP contribution is -2.26. The van der Waals surface area contributed by atoms with Crippen molar-refractivity contribution in [2.24, 2.45) is 0 Å². The monoisotopic (exact) mass is 336 g/mol. The second-order valence-corrected chi connectivity index (χ2v) is 7.84. The smallest absolute Gasteiger partial charge is 0.240 e. The number of rotatable bonds is 8. The number of nitrogens with one attached hydrogen (secondary N) is 2. The second-order valence-electron chi connectivity index (χ2n) is 4.68. The molecule has 0 atom stereocenters. The highest BCUT2D eigenvalue weighted by molar-refractivity contribution is 7.98. The maximum absolute atomic E-state index is 12.1.